The maximum Gasteiger partial charge on any atom is 3.00 e. The largest absolute Gasteiger partial charge is 3.00 e. The van der Waals surface area contributed by atoms with Gasteiger partial charge in [-0.25, -0.2) is 0 Å². The number of rotatable bonds is 3. The number of ether oxygens (including phenoxy) is 2. The molecule has 6 heteroatoms. The first-order valence-electron chi connectivity index (χ1n) is 6.09. The normalized spacial score (nSPS) is 12.7. The van der Waals surface area contributed by atoms with Crippen LogP contribution in [0, 0.1) is 19.6 Å². The second kappa shape index (κ2) is 12.1. The summed E-state index contributed by atoms with van der Waals surface area (Å²) >= 11 is 0. The third-order valence-electron chi connectivity index (χ3n) is 3.03. The molecule has 1 aromatic rings. The van der Waals surface area contributed by atoms with Gasteiger partial charge in [0.2, 0.25) is 0 Å². The van der Waals surface area contributed by atoms with Gasteiger partial charge in [-0.05, 0) is 12.5 Å². The van der Waals surface area contributed by atoms with E-state index in [1.165, 1.54) is 22.0 Å². The zero-order valence-corrected chi connectivity index (χ0v) is 16.0. The zero-order valence-electron chi connectivity index (χ0n) is 13.4. The molecule has 0 fully saturated rings. The Morgan fingerprint density at radius 3 is 2.05 bits per heavy atom. The maximum absolute atomic E-state index is 8.25. The number of methoxy groups -OCH3 is 2. The van der Waals surface area contributed by atoms with Crippen molar-refractivity contribution in [3.8, 4) is 0 Å². The van der Waals surface area contributed by atoms with Crippen LogP contribution in [0.1, 0.15) is 22.8 Å². The summed E-state index contributed by atoms with van der Waals surface area (Å²) < 4.78 is 10.7. The molecule has 0 amide bonds. The van der Waals surface area contributed by atoms with Gasteiger partial charge in [-0.3, -0.25) is 8.19 Å². The molecule has 0 spiro atoms. The van der Waals surface area contributed by atoms with E-state index in [1.807, 2.05) is 0 Å². The first-order chi connectivity index (χ1) is 9.69. The van der Waals surface area contributed by atoms with Gasteiger partial charge in [0.1, 0.15) is 0 Å². The molecule has 0 saturated carbocycles. The molecular weight excluding hydrogens is 323 g/mol. The summed E-state index contributed by atoms with van der Waals surface area (Å²) in [6, 6.07) is 0. The Morgan fingerprint density at radius 1 is 1.10 bits per heavy atom. The minimum absolute atomic E-state index is 0. The van der Waals surface area contributed by atoms with Crippen LogP contribution in [0.15, 0.2) is 17.6 Å². The molecule has 4 nitrogen and oxygen atoms in total. The van der Waals surface area contributed by atoms with Crippen LogP contribution in [0.4, 0.5) is 0 Å². The standard InChI is InChI=1S/C13H16O2P.2CH3O.Ti/c1-8-7-16-13(9(8)2)10-5-6-11(14-3)12(10)15-4;2*1-2;/h6,16H,5H2,1-4H3;2*1H3;/q3*-1;+3. The van der Waals surface area contributed by atoms with E-state index >= 15 is 0 Å². The van der Waals surface area contributed by atoms with Crippen LogP contribution >= 0.6 is 8.19 Å². The van der Waals surface area contributed by atoms with E-state index in [0.717, 1.165) is 32.2 Å². The monoisotopic (exact) mass is 345 g/mol. The molecule has 1 aromatic heterocycles. The van der Waals surface area contributed by atoms with Gasteiger partial charge in [0.15, 0.2) is 11.5 Å². The number of aryl methyl sites for hydroxylation is 1. The third kappa shape index (κ3) is 5.32. The molecule has 0 bridgehead atoms. The van der Waals surface area contributed by atoms with Gasteiger partial charge in [0.05, 0.1) is 14.2 Å². The predicted octanol–water partition coefficient (Wildman–Crippen LogP) is 1.38. The molecule has 2 rings (SSSR count). The summed E-state index contributed by atoms with van der Waals surface area (Å²) in [5, 5.41) is 17.9. The van der Waals surface area contributed by atoms with Crippen LogP contribution in [0.2, 0.25) is 0 Å². The molecule has 0 N–H and O–H groups in total. The van der Waals surface area contributed by atoms with Crippen LogP contribution in [0.3, 0.4) is 0 Å². The van der Waals surface area contributed by atoms with E-state index in [1.54, 1.807) is 14.2 Å². The molecule has 21 heavy (non-hydrogen) atoms. The molecule has 1 unspecified atom stereocenters. The molecule has 0 aromatic carbocycles. The van der Waals surface area contributed by atoms with Gasteiger partial charge in [-0.2, -0.15) is 31.1 Å². The quantitative estimate of drug-likeness (QED) is 0.613. The van der Waals surface area contributed by atoms with Crippen molar-refractivity contribution in [2.45, 2.75) is 20.3 Å². The zero-order chi connectivity index (χ0) is 15.7. The maximum atomic E-state index is 8.25. The molecule has 1 aliphatic carbocycles. The van der Waals surface area contributed by atoms with Gasteiger partial charge < -0.3 is 19.7 Å². The van der Waals surface area contributed by atoms with E-state index in [-0.39, 0.29) is 21.7 Å². The Balaban J connectivity index is 0. The SMILES string of the molecule is COC1=CCC(c2[pH][c-]c(C)c2C)=C1OC.C[O-].C[O-].[Ti+3]. The summed E-state index contributed by atoms with van der Waals surface area (Å²) in [6.07, 6.45) is 2.98. The fraction of sp³-hybridized carbons (Fsp3) is 0.467. The van der Waals surface area contributed by atoms with E-state index in [2.05, 4.69) is 25.7 Å². The number of allylic oxidation sites excluding steroid dienone is 2. The van der Waals surface area contributed by atoms with E-state index in [9.17, 15) is 0 Å². The fourth-order valence-electron chi connectivity index (χ4n) is 1.98. The van der Waals surface area contributed by atoms with Crippen LogP contribution < -0.4 is 10.2 Å². The number of hydrogen-bond acceptors (Lipinski definition) is 4. The van der Waals surface area contributed by atoms with Crippen molar-refractivity contribution in [3.05, 3.63) is 39.8 Å². The molecular formula is C15H22O4PTi. The van der Waals surface area contributed by atoms with Crippen LogP contribution in [-0.2, 0) is 31.2 Å². The summed E-state index contributed by atoms with van der Waals surface area (Å²) in [5.74, 6) is 5.13. The van der Waals surface area contributed by atoms with Gasteiger partial charge in [-0.1, -0.05) is 19.4 Å². The van der Waals surface area contributed by atoms with E-state index < -0.39 is 0 Å². The van der Waals surface area contributed by atoms with Crippen LogP contribution in [0.25, 0.3) is 5.57 Å². The molecule has 1 atom stereocenters. The van der Waals surface area contributed by atoms with Crippen LogP contribution in [0.5, 0.6) is 0 Å². The average Bonchev–Trinajstić information content (AvgIpc) is 3.07. The van der Waals surface area contributed by atoms with Gasteiger partial charge in [-0.15, -0.1) is 5.30 Å². The second-order valence-corrected chi connectivity index (χ2v) is 4.86. The van der Waals surface area contributed by atoms with Gasteiger partial charge in [0.25, 0.3) is 0 Å². The molecule has 1 radical (unpaired) electrons. The Kier molecular flexibility index (Phi) is 13.1. The van der Waals surface area contributed by atoms with Gasteiger partial charge >= 0.3 is 21.7 Å². The third-order valence-corrected chi connectivity index (χ3v) is 4.45. The first kappa shape index (κ1) is 22.8. The van der Waals surface area contributed by atoms with Crippen molar-refractivity contribution in [1.82, 2.24) is 0 Å². The summed E-state index contributed by atoms with van der Waals surface area (Å²) in [7, 11) is 5.52. The Hall–Kier alpha value is -0.506. The number of hydrogen-bond donors (Lipinski definition) is 0. The predicted molar refractivity (Wildman–Crippen MR) is 79.7 cm³/mol. The average molecular weight is 345 g/mol. The van der Waals surface area contributed by atoms with Crippen molar-refractivity contribution in [1.29, 1.82) is 0 Å². The minimum Gasteiger partial charge on any atom is -0.857 e. The molecule has 1 heterocycles. The fourth-order valence-corrected chi connectivity index (χ4v) is 3.22. The van der Waals surface area contributed by atoms with Crippen molar-refractivity contribution in [2.24, 2.45) is 0 Å². The minimum atomic E-state index is 0. The first-order valence-corrected chi connectivity index (χ1v) is 7.09. The summed E-state index contributed by atoms with van der Waals surface area (Å²) in [6.45, 7) is 4.27. The topological polar surface area (TPSA) is 64.6 Å². The van der Waals surface area contributed by atoms with Crippen LogP contribution in [-0.4, -0.2) is 28.4 Å². The molecule has 1 aliphatic rings. The smallest absolute Gasteiger partial charge is 0.857 e. The molecule has 0 aliphatic heterocycles. The van der Waals surface area contributed by atoms with Crippen molar-refractivity contribution < 1.29 is 41.4 Å². The van der Waals surface area contributed by atoms with E-state index in [4.69, 9.17) is 19.7 Å². The Bertz CT molecular complexity index is 478. The van der Waals surface area contributed by atoms with Crippen molar-refractivity contribution in [3.63, 3.8) is 0 Å². The molecule has 0 saturated heterocycles. The Labute approximate surface area is 143 Å². The molecule has 115 valence electrons. The van der Waals surface area contributed by atoms with Crippen molar-refractivity contribution >= 4 is 13.8 Å². The second-order valence-electron chi connectivity index (χ2n) is 3.86. The van der Waals surface area contributed by atoms with Gasteiger partial charge in [0, 0.05) is 0 Å². The summed E-state index contributed by atoms with van der Waals surface area (Å²) in [5.41, 5.74) is 3.87. The Morgan fingerprint density at radius 2 is 1.67 bits per heavy atom. The van der Waals surface area contributed by atoms with Crippen molar-refractivity contribution in [2.75, 3.05) is 28.4 Å². The summed E-state index contributed by atoms with van der Waals surface area (Å²) in [4.78, 5) is 0. The van der Waals surface area contributed by atoms with E-state index in [0.29, 0.717) is 8.19 Å².